The Balaban J connectivity index is 2.23. The fraction of sp³-hybridized carbons (Fsp3) is 0.200. The van der Waals surface area contributed by atoms with Gasteiger partial charge in [-0.15, -0.1) is 0 Å². The van der Waals surface area contributed by atoms with Gasteiger partial charge in [-0.25, -0.2) is 0 Å². The highest BCUT2D eigenvalue weighted by molar-refractivity contribution is 6.27. The summed E-state index contributed by atoms with van der Waals surface area (Å²) < 4.78 is 4.63. The number of esters is 1. The summed E-state index contributed by atoms with van der Waals surface area (Å²) in [5, 5.41) is 2.22. The highest BCUT2D eigenvalue weighted by Crippen LogP contribution is 2.22. The van der Waals surface area contributed by atoms with Gasteiger partial charge in [0.15, 0.2) is 0 Å². The first kappa shape index (κ1) is 15.4. The Bertz CT molecular complexity index is 706. The van der Waals surface area contributed by atoms with Gasteiger partial charge in [0.1, 0.15) is 17.8 Å². The number of nitrogens with one attached hydrogen (secondary N) is 1. The maximum atomic E-state index is 12.3. The molecule has 114 valence electrons. The van der Waals surface area contributed by atoms with Gasteiger partial charge in [-0.2, -0.15) is 0 Å². The van der Waals surface area contributed by atoms with E-state index >= 15 is 0 Å². The number of nitrogens with two attached hydrogens (primary N) is 1. The first-order valence-electron chi connectivity index (χ1n) is 6.59. The van der Waals surface area contributed by atoms with Crippen LogP contribution in [0.1, 0.15) is 34.1 Å². The maximum absolute atomic E-state index is 12.3. The van der Waals surface area contributed by atoms with Crippen molar-refractivity contribution < 1.29 is 23.9 Å². The number of Topliss-reactive ketones (excluding diaryl/α,β-unsaturated/α-hetero) is 2. The van der Waals surface area contributed by atoms with E-state index < -0.39 is 29.9 Å². The predicted molar refractivity (Wildman–Crippen MR) is 75.7 cm³/mol. The summed E-state index contributed by atoms with van der Waals surface area (Å²) in [5.41, 5.74) is 5.34. The topological polar surface area (TPSA) is 116 Å². The van der Waals surface area contributed by atoms with Crippen molar-refractivity contribution in [3.8, 4) is 0 Å². The monoisotopic (exact) mass is 302 g/mol. The van der Waals surface area contributed by atoms with Gasteiger partial charge in [0, 0.05) is 11.1 Å². The molecule has 1 amide bonds. The number of allylic oxidation sites excluding steroid dienone is 2. The molecule has 7 nitrogen and oxygen atoms in total. The zero-order valence-corrected chi connectivity index (χ0v) is 11.8. The number of carbonyl (C=O) groups is 4. The van der Waals surface area contributed by atoms with Gasteiger partial charge in [0.05, 0.1) is 6.61 Å². The number of ether oxygens (including phenoxy) is 1. The second kappa shape index (κ2) is 6.21. The molecule has 0 saturated heterocycles. The van der Waals surface area contributed by atoms with E-state index in [1.54, 1.807) is 19.1 Å². The molecule has 0 saturated carbocycles. The molecular formula is C15H14N2O5. The lowest BCUT2D eigenvalue weighted by Crippen LogP contribution is -2.37. The summed E-state index contributed by atoms with van der Waals surface area (Å²) in [5.74, 6) is -2.60. The van der Waals surface area contributed by atoms with E-state index in [2.05, 4.69) is 10.1 Å². The van der Waals surface area contributed by atoms with Crippen molar-refractivity contribution in [1.82, 2.24) is 5.32 Å². The quantitative estimate of drug-likeness (QED) is 0.610. The molecule has 0 atom stereocenters. The van der Waals surface area contributed by atoms with Crippen LogP contribution >= 0.6 is 0 Å². The zero-order valence-electron chi connectivity index (χ0n) is 11.8. The fourth-order valence-electron chi connectivity index (χ4n) is 2.05. The molecule has 7 heteroatoms. The van der Waals surface area contributed by atoms with E-state index in [4.69, 9.17) is 5.73 Å². The van der Waals surface area contributed by atoms with E-state index in [1.165, 1.54) is 12.1 Å². The van der Waals surface area contributed by atoms with Crippen LogP contribution < -0.4 is 11.1 Å². The second-order valence-electron chi connectivity index (χ2n) is 4.52. The number of amides is 1. The molecule has 0 heterocycles. The molecule has 1 aliphatic carbocycles. The molecule has 0 aliphatic heterocycles. The molecular weight excluding hydrogens is 288 g/mol. The molecule has 1 aliphatic rings. The van der Waals surface area contributed by atoms with Gasteiger partial charge in [0.2, 0.25) is 17.5 Å². The van der Waals surface area contributed by atoms with E-state index in [0.29, 0.717) is 0 Å². The van der Waals surface area contributed by atoms with Gasteiger partial charge < -0.3 is 15.8 Å². The predicted octanol–water partition coefficient (Wildman–Crippen LogP) is 0.305. The van der Waals surface area contributed by atoms with Crippen molar-refractivity contribution in [2.75, 3.05) is 6.61 Å². The summed E-state index contributed by atoms with van der Waals surface area (Å²) in [6.45, 7) is 1.75. The first-order valence-corrected chi connectivity index (χ1v) is 6.59. The van der Waals surface area contributed by atoms with E-state index in [0.717, 1.165) is 0 Å². The van der Waals surface area contributed by atoms with Crippen LogP contribution in [0.2, 0.25) is 0 Å². The fourth-order valence-corrected chi connectivity index (χ4v) is 2.05. The SMILES string of the molecule is CCOC(=O)CC(=O)NC1=C(N)C(=O)c2ccccc2C1=O. The van der Waals surface area contributed by atoms with E-state index in [9.17, 15) is 19.2 Å². The smallest absolute Gasteiger partial charge is 0.315 e. The number of carbonyl (C=O) groups excluding carboxylic acids is 4. The number of ketones is 2. The van der Waals surface area contributed by atoms with Crippen LogP contribution in [-0.4, -0.2) is 30.0 Å². The third kappa shape index (κ3) is 2.88. The Hall–Kier alpha value is -2.96. The van der Waals surface area contributed by atoms with E-state index in [-0.39, 0.29) is 29.1 Å². The lowest BCUT2D eigenvalue weighted by atomic mass is 9.90. The van der Waals surface area contributed by atoms with Crippen LogP contribution in [0.25, 0.3) is 0 Å². The molecule has 0 unspecified atom stereocenters. The minimum absolute atomic E-state index is 0.141. The average molecular weight is 302 g/mol. The highest BCUT2D eigenvalue weighted by Gasteiger charge is 2.31. The van der Waals surface area contributed by atoms with Crippen LogP contribution in [0.3, 0.4) is 0 Å². The molecule has 2 rings (SSSR count). The lowest BCUT2D eigenvalue weighted by molar-refractivity contribution is -0.145. The standard InChI is InChI=1S/C15H14N2O5/c1-2-22-11(19)7-10(18)17-13-12(16)14(20)8-5-3-4-6-9(8)15(13)21/h3-6H,2,7,16H2,1H3,(H,17,18). The van der Waals surface area contributed by atoms with Crippen LogP contribution in [0.15, 0.2) is 35.7 Å². The molecule has 0 aromatic heterocycles. The molecule has 22 heavy (non-hydrogen) atoms. The third-order valence-corrected chi connectivity index (χ3v) is 3.03. The van der Waals surface area contributed by atoms with Crippen LogP contribution in [0.4, 0.5) is 0 Å². The summed E-state index contributed by atoms with van der Waals surface area (Å²) >= 11 is 0. The summed E-state index contributed by atoms with van der Waals surface area (Å²) in [6.07, 6.45) is -0.562. The van der Waals surface area contributed by atoms with Crippen molar-refractivity contribution in [3.63, 3.8) is 0 Å². The van der Waals surface area contributed by atoms with Gasteiger partial charge in [-0.3, -0.25) is 19.2 Å². The summed E-state index contributed by atoms with van der Waals surface area (Å²) in [4.78, 5) is 47.4. The normalized spacial score (nSPS) is 13.7. The highest BCUT2D eigenvalue weighted by atomic mass is 16.5. The largest absolute Gasteiger partial charge is 0.466 e. The average Bonchev–Trinajstić information content (AvgIpc) is 2.49. The maximum Gasteiger partial charge on any atom is 0.315 e. The van der Waals surface area contributed by atoms with Crippen LogP contribution in [0.5, 0.6) is 0 Å². The molecule has 0 radical (unpaired) electrons. The minimum Gasteiger partial charge on any atom is -0.466 e. The number of hydrogen-bond acceptors (Lipinski definition) is 6. The van der Waals surface area contributed by atoms with Crippen molar-refractivity contribution in [2.24, 2.45) is 5.73 Å². The Kier molecular flexibility index (Phi) is 4.36. The van der Waals surface area contributed by atoms with Crippen LogP contribution in [-0.2, 0) is 14.3 Å². The zero-order chi connectivity index (χ0) is 16.3. The molecule has 1 aromatic rings. The van der Waals surface area contributed by atoms with Gasteiger partial charge >= 0.3 is 5.97 Å². The van der Waals surface area contributed by atoms with E-state index in [1.807, 2.05) is 0 Å². The lowest BCUT2D eigenvalue weighted by Gasteiger charge is -2.18. The van der Waals surface area contributed by atoms with Gasteiger partial charge in [-0.05, 0) is 6.92 Å². The third-order valence-electron chi connectivity index (χ3n) is 3.03. The van der Waals surface area contributed by atoms with Crippen molar-refractivity contribution in [2.45, 2.75) is 13.3 Å². The second-order valence-corrected chi connectivity index (χ2v) is 4.52. The number of hydrogen-bond donors (Lipinski definition) is 2. The van der Waals surface area contributed by atoms with Crippen molar-refractivity contribution in [3.05, 3.63) is 46.8 Å². The summed E-state index contributed by atoms with van der Waals surface area (Å²) in [7, 11) is 0. The Labute approximate surface area is 126 Å². The van der Waals surface area contributed by atoms with Crippen LogP contribution in [0, 0.1) is 0 Å². The first-order chi connectivity index (χ1) is 10.5. The molecule has 0 spiro atoms. The molecule has 0 bridgehead atoms. The number of fused-ring (bicyclic) bond motifs is 1. The molecule has 3 N–H and O–H groups in total. The van der Waals surface area contributed by atoms with Crippen molar-refractivity contribution >= 4 is 23.4 Å². The number of benzene rings is 1. The Morgan fingerprint density at radius 1 is 1.14 bits per heavy atom. The minimum atomic E-state index is -0.767. The summed E-state index contributed by atoms with van der Waals surface area (Å²) in [6, 6.07) is 6.17. The Morgan fingerprint density at radius 3 is 2.32 bits per heavy atom. The number of rotatable bonds is 4. The molecule has 1 aromatic carbocycles. The van der Waals surface area contributed by atoms with Gasteiger partial charge in [0.25, 0.3) is 0 Å². The van der Waals surface area contributed by atoms with Gasteiger partial charge in [-0.1, -0.05) is 24.3 Å². The van der Waals surface area contributed by atoms with Crippen molar-refractivity contribution in [1.29, 1.82) is 0 Å². The Morgan fingerprint density at radius 2 is 1.73 bits per heavy atom. The molecule has 0 fully saturated rings.